The van der Waals surface area contributed by atoms with Gasteiger partial charge < -0.3 is 4.74 Å². The van der Waals surface area contributed by atoms with E-state index in [9.17, 15) is 4.79 Å². The number of rotatable bonds is 2. The fraction of sp³-hybridized carbons (Fsp3) is 0.750. The highest BCUT2D eigenvalue weighted by molar-refractivity contribution is 5.75. The Labute approximate surface area is 66.0 Å². The zero-order chi connectivity index (χ0) is 8.43. The molecule has 1 unspecified atom stereocenters. The van der Waals surface area contributed by atoms with Crippen LogP contribution in [0.3, 0.4) is 0 Å². The van der Waals surface area contributed by atoms with Crippen molar-refractivity contribution < 1.29 is 9.53 Å². The van der Waals surface area contributed by atoms with Crippen LogP contribution in [0.15, 0.2) is 0 Å². The van der Waals surface area contributed by atoms with Crippen LogP contribution in [0.2, 0.25) is 0 Å². The summed E-state index contributed by atoms with van der Waals surface area (Å²) >= 11 is 0. The lowest BCUT2D eigenvalue weighted by Gasteiger charge is -2.03. The molecule has 11 heavy (non-hydrogen) atoms. The second-order valence-electron chi connectivity index (χ2n) is 3.03. The molecule has 0 radical (unpaired) electrons. The smallest absolute Gasteiger partial charge is 0.310 e. The molecule has 0 saturated heterocycles. The van der Waals surface area contributed by atoms with Gasteiger partial charge in [-0.05, 0) is 19.3 Å². The molecule has 1 aliphatic rings. The number of hydrogen-bond acceptors (Lipinski definition) is 3. The Kier molecular flexibility index (Phi) is 2.13. The van der Waals surface area contributed by atoms with Crippen LogP contribution >= 0.6 is 0 Å². The number of nitrogens with zero attached hydrogens (tertiary/aromatic N) is 1. The molecule has 0 aromatic carbocycles. The summed E-state index contributed by atoms with van der Waals surface area (Å²) in [6, 6.07) is 1.85. The van der Waals surface area contributed by atoms with E-state index in [1.807, 2.05) is 13.0 Å². The second-order valence-corrected chi connectivity index (χ2v) is 3.03. The largest absolute Gasteiger partial charge is 0.447 e. The van der Waals surface area contributed by atoms with Gasteiger partial charge in [0.25, 0.3) is 0 Å². The Morgan fingerprint density at radius 1 is 1.82 bits per heavy atom. The van der Waals surface area contributed by atoms with Gasteiger partial charge in [-0.1, -0.05) is 6.92 Å². The first-order valence-electron chi connectivity index (χ1n) is 3.75. The van der Waals surface area contributed by atoms with Crippen molar-refractivity contribution >= 4 is 5.97 Å². The molecule has 60 valence electrons. The van der Waals surface area contributed by atoms with Crippen molar-refractivity contribution in [1.82, 2.24) is 0 Å². The van der Waals surface area contributed by atoms with Crippen molar-refractivity contribution in [3.05, 3.63) is 0 Å². The molecule has 0 amide bonds. The lowest BCUT2D eigenvalue weighted by molar-refractivity contribution is -0.147. The van der Waals surface area contributed by atoms with E-state index in [1.165, 1.54) is 0 Å². The van der Waals surface area contributed by atoms with E-state index in [0.29, 0.717) is 5.92 Å². The van der Waals surface area contributed by atoms with Gasteiger partial charge in [0.2, 0.25) is 0 Å². The summed E-state index contributed by atoms with van der Waals surface area (Å²) in [7, 11) is 0. The molecular formula is C8H11NO2. The van der Waals surface area contributed by atoms with Gasteiger partial charge in [0, 0.05) is 0 Å². The first-order valence-corrected chi connectivity index (χ1v) is 3.75. The highest BCUT2D eigenvalue weighted by Crippen LogP contribution is 2.38. The summed E-state index contributed by atoms with van der Waals surface area (Å²) in [5.74, 6) is 0.297. The molecule has 1 saturated carbocycles. The summed E-state index contributed by atoms with van der Waals surface area (Å²) < 4.78 is 4.79. The van der Waals surface area contributed by atoms with Crippen LogP contribution in [0, 0.1) is 23.2 Å². The van der Waals surface area contributed by atoms with E-state index in [4.69, 9.17) is 10.00 Å². The van der Waals surface area contributed by atoms with Gasteiger partial charge in [-0.3, -0.25) is 4.79 Å². The third kappa shape index (κ3) is 1.94. The van der Waals surface area contributed by atoms with Crippen molar-refractivity contribution in [2.45, 2.75) is 26.4 Å². The molecule has 1 rings (SSSR count). The summed E-state index contributed by atoms with van der Waals surface area (Å²) in [6.45, 7) is 3.58. The number of nitriles is 1. The van der Waals surface area contributed by atoms with E-state index < -0.39 is 6.10 Å². The normalized spacial score (nSPS) is 30.3. The monoisotopic (exact) mass is 153 g/mol. The molecule has 0 aromatic rings. The first-order chi connectivity index (χ1) is 5.15. The zero-order valence-electron chi connectivity index (χ0n) is 6.70. The summed E-state index contributed by atoms with van der Waals surface area (Å²) in [6.07, 6.45) is 0.312. The average Bonchev–Trinajstić information content (AvgIpc) is 2.66. The minimum atomic E-state index is -0.602. The molecule has 0 bridgehead atoms. The Morgan fingerprint density at radius 3 is 2.73 bits per heavy atom. The molecule has 3 nitrogen and oxygen atoms in total. The third-order valence-electron chi connectivity index (χ3n) is 1.89. The number of esters is 1. The van der Waals surface area contributed by atoms with Crippen LogP contribution in [0.5, 0.6) is 0 Å². The van der Waals surface area contributed by atoms with E-state index in [1.54, 1.807) is 6.92 Å². The second kappa shape index (κ2) is 2.91. The van der Waals surface area contributed by atoms with Crippen molar-refractivity contribution in [1.29, 1.82) is 5.26 Å². The molecule has 3 heteroatoms. The van der Waals surface area contributed by atoms with Crippen LogP contribution in [-0.4, -0.2) is 12.1 Å². The molecule has 0 aromatic heterocycles. The fourth-order valence-electron chi connectivity index (χ4n) is 0.938. The maximum Gasteiger partial charge on any atom is 0.310 e. The minimum absolute atomic E-state index is 0.0609. The zero-order valence-corrected chi connectivity index (χ0v) is 6.70. The molecule has 3 atom stereocenters. The Balaban J connectivity index is 2.28. The van der Waals surface area contributed by atoms with Crippen molar-refractivity contribution in [3.8, 4) is 6.07 Å². The molecular weight excluding hydrogens is 142 g/mol. The highest BCUT2D eigenvalue weighted by atomic mass is 16.5. The van der Waals surface area contributed by atoms with Crippen LogP contribution in [-0.2, 0) is 9.53 Å². The predicted octanol–water partition coefficient (Wildman–Crippen LogP) is 1.10. The van der Waals surface area contributed by atoms with E-state index in [0.717, 1.165) is 6.42 Å². The minimum Gasteiger partial charge on any atom is -0.447 e. The van der Waals surface area contributed by atoms with Crippen LogP contribution in [0.25, 0.3) is 0 Å². The number of hydrogen-bond donors (Lipinski definition) is 0. The lowest BCUT2D eigenvalue weighted by atomic mass is 10.3. The average molecular weight is 153 g/mol. The Hall–Kier alpha value is -1.04. The standard InChI is InChI=1S/C8H11NO2/c1-5-3-7(5)8(10)11-6(2)4-9/h5-7H,3H2,1-2H3/t5-,6?,7-/m1/s1. The van der Waals surface area contributed by atoms with Gasteiger partial charge in [-0.25, -0.2) is 0 Å². The lowest BCUT2D eigenvalue weighted by Crippen LogP contribution is -2.14. The molecule has 0 aliphatic heterocycles. The maximum atomic E-state index is 11.0. The van der Waals surface area contributed by atoms with Gasteiger partial charge in [0.1, 0.15) is 6.07 Å². The summed E-state index contributed by atoms with van der Waals surface area (Å²) in [4.78, 5) is 11.0. The summed E-state index contributed by atoms with van der Waals surface area (Å²) in [5.41, 5.74) is 0. The van der Waals surface area contributed by atoms with Crippen molar-refractivity contribution in [2.24, 2.45) is 11.8 Å². The van der Waals surface area contributed by atoms with Crippen molar-refractivity contribution in [3.63, 3.8) is 0 Å². The predicted molar refractivity (Wildman–Crippen MR) is 38.4 cm³/mol. The van der Waals surface area contributed by atoms with Gasteiger partial charge >= 0.3 is 5.97 Å². The fourth-order valence-corrected chi connectivity index (χ4v) is 0.938. The number of carbonyl (C=O) groups excluding carboxylic acids is 1. The van der Waals surface area contributed by atoms with Crippen molar-refractivity contribution in [2.75, 3.05) is 0 Å². The highest BCUT2D eigenvalue weighted by Gasteiger charge is 2.41. The quantitative estimate of drug-likeness (QED) is 0.558. The van der Waals surface area contributed by atoms with E-state index in [2.05, 4.69) is 0 Å². The first kappa shape index (κ1) is 8.06. The third-order valence-corrected chi connectivity index (χ3v) is 1.89. The molecule has 0 heterocycles. The van der Waals surface area contributed by atoms with Gasteiger partial charge in [0.15, 0.2) is 6.10 Å². The summed E-state index contributed by atoms with van der Waals surface area (Å²) in [5, 5.41) is 8.32. The Morgan fingerprint density at radius 2 is 2.36 bits per heavy atom. The number of carbonyl (C=O) groups is 1. The van der Waals surface area contributed by atoms with Crippen LogP contribution in [0.4, 0.5) is 0 Å². The van der Waals surface area contributed by atoms with Gasteiger partial charge in [-0.15, -0.1) is 0 Å². The number of ether oxygens (including phenoxy) is 1. The molecule has 0 spiro atoms. The van der Waals surface area contributed by atoms with E-state index in [-0.39, 0.29) is 11.9 Å². The molecule has 0 N–H and O–H groups in total. The molecule has 1 fully saturated rings. The Bertz CT molecular complexity index is 207. The maximum absolute atomic E-state index is 11.0. The van der Waals surface area contributed by atoms with E-state index >= 15 is 0 Å². The van der Waals surface area contributed by atoms with Crippen LogP contribution < -0.4 is 0 Å². The SMILES string of the molecule is CC(C#N)OC(=O)[C@@H]1C[C@H]1C. The van der Waals surface area contributed by atoms with Gasteiger partial charge in [0.05, 0.1) is 5.92 Å². The van der Waals surface area contributed by atoms with Gasteiger partial charge in [-0.2, -0.15) is 5.26 Å². The van der Waals surface area contributed by atoms with Crippen LogP contribution in [0.1, 0.15) is 20.3 Å². The molecule has 1 aliphatic carbocycles. The topological polar surface area (TPSA) is 50.1 Å².